The van der Waals surface area contributed by atoms with Gasteiger partial charge in [-0.1, -0.05) is 0 Å². The molecule has 4 heteroatoms. The van der Waals surface area contributed by atoms with Gasteiger partial charge >= 0.3 is 0 Å². The first-order valence-electron chi connectivity index (χ1n) is 3.80. The highest BCUT2D eigenvalue weighted by molar-refractivity contribution is 7.98. The van der Waals surface area contributed by atoms with Crippen molar-refractivity contribution in [3.05, 3.63) is 12.3 Å². The zero-order chi connectivity index (χ0) is 9.40. The van der Waals surface area contributed by atoms with Gasteiger partial charge in [0.05, 0.1) is 6.04 Å². The van der Waals surface area contributed by atoms with E-state index in [9.17, 15) is 4.79 Å². The summed E-state index contributed by atoms with van der Waals surface area (Å²) >= 11 is 1.61. The molecule has 0 aromatic carbocycles. The van der Waals surface area contributed by atoms with E-state index in [0.29, 0.717) is 0 Å². The molecule has 0 aliphatic heterocycles. The Morgan fingerprint density at radius 3 is 3.18 bits per heavy atom. The number of nitrogens with one attached hydrogen (secondary N) is 1. The maximum atomic E-state index is 11.2. The Hall–Kier alpha value is -0.480. The highest BCUT2D eigenvalue weighted by atomic mass is 32.2. The van der Waals surface area contributed by atoms with Gasteiger partial charge in [-0.2, -0.15) is 11.8 Å². The molecule has 0 heterocycles. The van der Waals surface area contributed by atoms with Crippen molar-refractivity contribution in [1.82, 2.24) is 5.32 Å². The standard InChI is InChI=1S/C7H14N2OS/c1-9-6(5-11-2)7(10)3-4-8/h3-4,6,9H,5,8H2,1-2H3/t6-/m0/s1/i/hT. The molecule has 0 rings (SSSR count). The molecule has 0 saturated heterocycles. The van der Waals surface area contributed by atoms with E-state index < -0.39 is 0 Å². The Kier molecular flexibility index (Phi) is 4.89. The summed E-state index contributed by atoms with van der Waals surface area (Å²) in [5, 5.41) is 2.90. The minimum atomic E-state index is -0.149. The van der Waals surface area contributed by atoms with Crippen LogP contribution in [0.4, 0.5) is 0 Å². The molecule has 0 aromatic heterocycles. The average molecular weight is 176 g/mol. The van der Waals surface area contributed by atoms with E-state index in [-0.39, 0.29) is 11.8 Å². The van der Waals surface area contributed by atoms with Gasteiger partial charge in [0.15, 0.2) is 7.20 Å². The Labute approximate surface area is 72.9 Å². The summed E-state index contributed by atoms with van der Waals surface area (Å²) in [6.45, 7) is 0. The molecule has 0 unspecified atom stereocenters. The van der Waals surface area contributed by atoms with Gasteiger partial charge in [0, 0.05) is 5.75 Å². The molecule has 0 aromatic rings. The summed E-state index contributed by atoms with van der Waals surface area (Å²) in [6.07, 6.45) is 4.63. The summed E-state index contributed by atoms with van der Waals surface area (Å²) in [4.78, 5) is 11.2. The Morgan fingerprint density at radius 1 is 2.00 bits per heavy atom. The minimum Gasteiger partial charge on any atom is -0.404 e. The van der Waals surface area contributed by atoms with Crippen LogP contribution >= 0.6 is 11.8 Å². The third-order valence-electron chi connectivity index (χ3n) is 1.27. The normalized spacial score (nSPS) is 14.5. The second-order valence-electron chi connectivity index (χ2n) is 2.03. The van der Waals surface area contributed by atoms with Crippen LogP contribution in [0.15, 0.2) is 12.3 Å². The fraction of sp³-hybridized carbons (Fsp3) is 0.571. The second-order valence-corrected chi connectivity index (χ2v) is 2.94. The predicted molar refractivity (Wildman–Crippen MR) is 49.6 cm³/mol. The van der Waals surface area contributed by atoms with E-state index in [0.717, 1.165) is 5.75 Å². The fourth-order valence-corrected chi connectivity index (χ4v) is 1.34. The van der Waals surface area contributed by atoms with Gasteiger partial charge in [0.1, 0.15) is 0 Å². The third kappa shape index (κ3) is 4.06. The van der Waals surface area contributed by atoms with Gasteiger partial charge in [0.2, 0.25) is 0 Å². The number of nitrogens with two attached hydrogens (primary N) is 1. The van der Waals surface area contributed by atoms with Crippen molar-refractivity contribution in [3.63, 3.8) is 0 Å². The summed E-state index contributed by atoms with van der Waals surface area (Å²) in [5.41, 5.74) is 2.03. The van der Waals surface area contributed by atoms with Crippen LogP contribution in [-0.2, 0) is 4.79 Å². The lowest BCUT2D eigenvalue weighted by atomic mass is 10.2. The molecule has 0 saturated carbocycles. The third-order valence-corrected chi connectivity index (χ3v) is 1.94. The summed E-state index contributed by atoms with van der Waals surface area (Å²) in [6, 6.07) is -0.149. The molecular formula is C7H14N2OS. The van der Waals surface area contributed by atoms with Gasteiger partial charge in [-0.05, 0) is 25.6 Å². The van der Waals surface area contributed by atoms with Crippen LogP contribution < -0.4 is 11.0 Å². The second kappa shape index (κ2) is 6.24. The highest BCUT2D eigenvalue weighted by Gasteiger charge is 2.11. The van der Waals surface area contributed by atoms with E-state index >= 15 is 0 Å². The molecule has 11 heavy (non-hydrogen) atoms. The van der Waals surface area contributed by atoms with Crippen molar-refractivity contribution in [2.45, 2.75) is 6.04 Å². The molecule has 64 valence electrons. The van der Waals surface area contributed by atoms with Gasteiger partial charge < -0.3 is 11.0 Å². The molecule has 3 N–H and O–H groups in total. The smallest absolute Gasteiger partial charge is 0.174 e. The van der Waals surface area contributed by atoms with Crippen LogP contribution in [0.25, 0.3) is 0 Å². The zero-order valence-corrected chi connectivity index (χ0v) is 7.57. The molecule has 3 nitrogen and oxygen atoms in total. The van der Waals surface area contributed by atoms with E-state index in [1.54, 1.807) is 18.8 Å². The molecule has 0 bridgehead atoms. The average Bonchev–Trinajstić information content (AvgIpc) is 2.10. The summed E-state index contributed by atoms with van der Waals surface area (Å²) in [7, 11) is 1.75. The van der Waals surface area contributed by atoms with Crippen molar-refractivity contribution in [2.24, 2.45) is 5.73 Å². The van der Waals surface area contributed by atoms with Gasteiger partial charge in [-0.15, -0.1) is 0 Å². The van der Waals surface area contributed by atoms with Crippen molar-refractivity contribution in [1.29, 1.82) is 0 Å². The maximum Gasteiger partial charge on any atom is 0.174 e. The molecule has 0 aliphatic carbocycles. The van der Waals surface area contributed by atoms with Crippen LogP contribution in [0.3, 0.4) is 0 Å². The molecule has 0 fully saturated rings. The fourth-order valence-electron chi connectivity index (χ4n) is 0.673. The number of carbonyl (C=O) groups excluding carboxylic acids is 1. The van der Waals surface area contributed by atoms with E-state index in [4.69, 9.17) is 1.41 Å². The number of hydrogen-bond acceptors (Lipinski definition) is 4. The molecule has 0 amide bonds. The van der Waals surface area contributed by atoms with Crippen LogP contribution in [0.2, 0.25) is 1.41 Å². The SMILES string of the molecule is [3H]NC=CC(=O)[C@H](CSC)NC. The first-order chi connectivity index (χ1) is 5.76. The number of ketones is 1. The van der Waals surface area contributed by atoms with Gasteiger partial charge in [-0.25, -0.2) is 0 Å². The number of likely N-dealkylation sites (N-methyl/N-ethyl adjacent to an activating group) is 1. The van der Waals surface area contributed by atoms with Crippen LogP contribution in [0.5, 0.6) is 0 Å². The minimum absolute atomic E-state index is 0.00778. The molecule has 0 aliphatic rings. The first kappa shape index (κ1) is 8.62. The van der Waals surface area contributed by atoms with Gasteiger partial charge in [0.25, 0.3) is 0 Å². The zero-order valence-electron chi connectivity index (χ0n) is 7.76. The number of rotatable bonds is 6. The van der Waals surface area contributed by atoms with Crippen molar-refractivity contribution >= 4 is 17.5 Å². The summed E-state index contributed by atoms with van der Waals surface area (Å²) < 4.78 is 6.58. The molecule has 0 radical (unpaired) electrons. The largest absolute Gasteiger partial charge is 0.404 e. The number of hydrogen-bond donors (Lipinski definition) is 2. The Balaban J connectivity index is 3.93. The van der Waals surface area contributed by atoms with Crippen molar-refractivity contribution in [2.75, 3.05) is 19.1 Å². The summed E-state index contributed by atoms with van der Waals surface area (Å²) in [5.74, 6) is 0.740. The van der Waals surface area contributed by atoms with Gasteiger partial charge in [-0.3, -0.25) is 4.79 Å². The van der Waals surface area contributed by atoms with Crippen molar-refractivity contribution < 1.29 is 6.21 Å². The predicted octanol–water partition coefficient (Wildman–Crippen LogP) is -0.0211. The quantitative estimate of drug-likeness (QED) is 0.558. The first-order valence-corrected chi connectivity index (χ1v) is 4.69. The number of thioether (sulfide) groups is 1. The molecule has 1 atom stereocenters. The topological polar surface area (TPSA) is 55.1 Å². The Morgan fingerprint density at radius 2 is 2.73 bits per heavy atom. The Bertz CT molecular complexity index is 163. The van der Waals surface area contributed by atoms with Crippen LogP contribution in [-0.4, -0.2) is 30.9 Å². The van der Waals surface area contributed by atoms with E-state index in [2.05, 4.69) is 5.32 Å². The van der Waals surface area contributed by atoms with Crippen LogP contribution in [0, 0.1) is 0 Å². The van der Waals surface area contributed by atoms with E-state index in [1.165, 1.54) is 12.3 Å². The molecular weight excluding hydrogens is 160 g/mol. The van der Waals surface area contributed by atoms with Crippen LogP contribution in [0.1, 0.15) is 0 Å². The maximum absolute atomic E-state index is 11.2. The number of carbonyl (C=O) groups is 1. The molecule has 0 spiro atoms. The van der Waals surface area contributed by atoms with E-state index in [1.807, 2.05) is 12.0 Å². The van der Waals surface area contributed by atoms with Crippen molar-refractivity contribution in [3.8, 4) is 0 Å². The lowest BCUT2D eigenvalue weighted by molar-refractivity contribution is -0.115. The highest BCUT2D eigenvalue weighted by Crippen LogP contribution is 1.98. The monoisotopic (exact) mass is 176 g/mol. The lowest BCUT2D eigenvalue weighted by Gasteiger charge is -2.09. The lowest BCUT2D eigenvalue weighted by Crippen LogP contribution is -2.35.